The van der Waals surface area contributed by atoms with Crippen molar-refractivity contribution >= 4 is 5.91 Å². The molecule has 0 aliphatic carbocycles. The van der Waals surface area contributed by atoms with Crippen molar-refractivity contribution in [3.8, 4) is 5.75 Å². The van der Waals surface area contributed by atoms with E-state index in [4.69, 9.17) is 10.5 Å². The summed E-state index contributed by atoms with van der Waals surface area (Å²) < 4.78 is 17.9. The van der Waals surface area contributed by atoms with Crippen LogP contribution in [0, 0.1) is 5.82 Å². The molecule has 0 heterocycles. The van der Waals surface area contributed by atoms with Crippen molar-refractivity contribution in [2.75, 3.05) is 26.7 Å². The monoisotopic (exact) mass is 226 g/mol. The van der Waals surface area contributed by atoms with Crippen LogP contribution in [0.2, 0.25) is 0 Å². The third-order valence-electron chi connectivity index (χ3n) is 1.98. The standard InChI is InChI=1S/C11H15FN2O2/c1-14(8-11(13)15)6-7-16-10-4-2-9(12)3-5-10/h2-5H,6-8H2,1H3,(H2,13,15). The number of hydrogen-bond donors (Lipinski definition) is 1. The second-order valence-electron chi connectivity index (χ2n) is 3.51. The van der Waals surface area contributed by atoms with Crippen molar-refractivity contribution in [3.05, 3.63) is 30.1 Å². The number of nitrogens with zero attached hydrogens (tertiary/aromatic N) is 1. The Kier molecular flexibility index (Phi) is 4.72. The molecule has 16 heavy (non-hydrogen) atoms. The number of carbonyl (C=O) groups excluding carboxylic acids is 1. The van der Waals surface area contributed by atoms with Crippen molar-refractivity contribution in [3.63, 3.8) is 0 Å². The number of ether oxygens (including phenoxy) is 1. The maximum absolute atomic E-state index is 12.6. The molecule has 4 nitrogen and oxygen atoms in total. The molecule has 0 fully saturated rings. The number of carbonyl (C=O) groups is 1. The normalized spacial score (nSPS) is 10.4. The number of amides is 1. The molecular formula is C11H15FN2O2. The summed E-state index contributed by atoms with van der Waals surface area (Å²) >= 11 is 0. The molecule has 0 radical (unpaired) electrons. The van der Waals surface area contributed by atoms with Gasteiger partial charge in [0.25, 0.3) is 0 Å². The molecule has 88 valence electrons. The molecule has 0 spiro atoms. The van der Waals surface area contributed by atoms with Crippen molar-refractivity contribution in [1.29, 1.82) is 0 Å². The van der Waals surface area contributed by atoms with Crippen LogP contribution in [-0.2, 0) is 4.79 Å². The van der Waals surface area contributed by atoms with E-state index in [0.717, 1.165) is 0 Å². The first-order valence-electron chi connectivity index (χ1n) is 4.93. The van der Waals surface area contributed by atoms with Crippen LogP contribution in [0.25, 0.3) is 0 Å². The van der Waals surface area contributed by atoms with Crippen LogP contribution in [0.5, 0.6) is 5.75 Å². The summed E-state index contributed by atoms with van der Waals surface area (Å²) in [6.45, 7) is 1.21. The number of likely N-dealkylation sites (N-methyl/N-ethyl adjacent to an activating group) is 1. The Morgan fingerprint density at radius 3 is 2.62 bits per heavy atom. The van der Waals surface area contributed by atoms with Gasteiger partial charge in [-0.1, -0.05) is 0 Å². The predicted molar refractivity (Wildman–Crippen MR) is 58.6 cm³/mol. The smallest absolute Gasteiger partial charge is 0.231 e. The van der Waals surface area contributed by atoms with E-state index in [1.807, 2.05) is 0 Å². The zero-order valence-corrected chi connectivity index (χ0v) is 9.15. The molecule has 0 aliphatic heterocycles. The van der Waals surface area contributed by atoms with Crippen molar-refractivity contribution in [2.45, 2.75) is 0 Å². The van der Waals surface area contributed by atoms with Crippen LogP contribution in [-0.4, -0.2) is 37.6 Å². The van der Waals surface area contributed by atoms with Crippen LogP contribution in [0.1, 0.15) is 0 Å². The Morgan fingerprint density at radius 2 is 2.06 bits per heavy atom. The summed E-state index contributed by atoms with van der Waals surface area (Å²) in [5.74, 6) is -0.0589. The Labute approximate surface area is 93.8 Å². The minimum Gasteiger partial charge on any atom is -0.492 e. The molecule has 5 heteroatoms. The van der Waals surface area contributed by atoms with Gasteiger partial charge in [-0.2, -0.15) is 0 Å². The topological polar surface area (TPSA) is 55.6 Å². The van der Waals surface area contributed by atoms with Crippen LogP contribution in [0.15, 0.2) is 24.3 Å². The first-order chi connectivity index (χ1) is 7.58. The summed E-state index contributed by atoms with van der Waals surface area (Å²) in [5, 5.41) is 0. The highest BCUT2D eigenvalue weighted by Gasteiger charge is 2.02. The Hall–Kier alpha value is -1.62. The molecule has 0 saturated carbocycles. The van der Waals surface area contributed by atoms with E-state index >= 15 is 0 Å². The van der Waals surface area contributed by atoms with Crippen molar-refractivity contribution < 1.29 is 13.9 Å². The average molecular weight is 226 g/mol. The van der Waals surface area contributed by atoms with Crippen molar-refractivity contribution in [2.24, 2.45) is 5.73 Å². The second-order valence-corrected chi connectivity index (χ2v) is 3.51. The Balaban J connectivity index is 2.25. The summed E-state index contributed by atoms with van der Waals surface area (Å²) in [7, 11) is 1.78. The fourth-order valence-electron chi connectivity index (χ4n) is 1.20. The van der Waals surface area contributed by atoms with E-state index in [1.54, 1.807) is 24.1 Å². The van der Waals surface area contributed by atoms with Crippen LogP contribution in [0.4, 0.5) is 4.39 Å². The van der Waals surface area contributed by atoms with Gasteiger partial charge in [-0.15, -0.1) is 0 Å². The first kappa shape index (κ1) is 12.4. The predicted octanol–water partition coefficient (Wildman–Crippen LogP) is 0.622. The molecular weight excluding hydrogens is 211 g/mol. The summed E-state index contributed by atoms with van der Waals surface area (Å²) in [4.78, 5) is 12.3. The van der Waals surface area contributed by atoms with E-state index in [9.17, 15) is 9.18 Å². The van der Waals surface area contributed by atoms with E-state index in [2.05, 4.69) is 0 Å². The molecule has 1 amide bonds. The Bertz CT molecular complexity index is 340. The third-order valence-corrected chi connectivity index (χ3v) is 1.98. The lowest BCUT2D eigenvalue weighted by atomic mass is 10.3. The fourth-order valence-corrected chi connectivity index (χ4v) is 1.20. The molecule has 1 rings (SSSR count). The van der Waals surface area contributed by atoms with Crippen LogP contribution >= 0.6 is 0 Å². The number of benzene rings is 1. The zero-order valence-electron chi connectivity index (χ0n) is 9.15. The lowest BCUT2D eigenvalue weighted by Gasteiger charge is -2.14. The highest BCUT2D eigenvalue weighted by molar-refractivity contribution is 5.75. The van der Waals surface area contributed by atoms with Crippen LogP contribution in [0.3, 0.4) is 0 Å². The van der Waals surface area contributed by atoms with Gasteiger partial charge in [0.1, 0.15) is 18.2 Å². The lowest BCUT2D eigenvalue weighted by molar-refractivity contribution is -0.118. The molecule has 2 N–H and O–H groups in total. The molecule has 1 aromatic rings. The van der Waals surface area contributed by atoms with Gasteiger partial charge in [-0.05, 0) is 31.3 Å². The lowest BCUT2D eigenvalue weighted by Crippen LogP contribution is -2.33. The largest absolute Gasteiger partial charge is 0.492 e. The second kappa shape index (κ2) is 6.07. The summed E-state index contributed by atoms with van der Waals surface area (Å²) in [6.07, 6.45) is 0. The molecule has 0 atom stereocenters. The maximum Gasteiger partial charge on any atom is 0.231 e. The fraction of sp³-hybridized carbons (Fsp3) is 0.364. The Morgan fingerprint density at radius 1 is 1.44 bits per heavy atom. The quantitative estimate of drug-likeness (QED) is 0.773. The molecule has 0 aliphatic rings. The molecule has 1 aromatic carbocycles. The highest BCUT2D eigenvalue weighted by Crippen LogP contribution is 2.10. The van der Waals surface area contributed by atoms with E-state index in [0.29, 0.717) is 18.9 Å². The number of nitrogens with two attached hydrogens (primary N) is 1. The van der Waals surface area contributed by atoms with E-state index < -0.39 is 0 Å². The van der Waals surface area contributed by atoms with Gasteiger partial charge in [-0.3, -0.25) is 9.69 Å². The van der Waals surface area contributed by atoms with Gasteiger partial charge in [0.15, 0.2) is 0 Å². The SMILES string of the molecule is CN(CCOc1ccc(F)cc1)CC(N)=O. The van der Waals surface area contributed by atoms with Gasteiger partial charge in [0.2, 0.25) is 5.91 Å². The van der Waals surface area contributed by atoms with Gasteiger partial charge < -0.3 is 10.5 Å². The average Bonchev–Trinajstić information content (AvgIpc) is 2.20. The number of rotatable bonds is 6. The summed E-state index contributed by atoms with van der Waals surface area (Å²) in [5.41, 5.74) is 5.03. The van der Waals surface area contributed by atoms with Crippen molar-refractivity contribution in [1.82, 2.24) is 4.90 Å². The molecule has 0 bridgehead atoms. The molecule has 0 aromatic heterocycles. The third kappa shape index (κ3) is 4.75. The van der Waals surface area contributed by atoms with Gasteiger partial charge in [0.05, 0.1) is 6.54 Å². The van der Waals surface area contributed by atoms with E-state index in [-0.39, 0.29) is 18.3 Å². The minimum atomic E-state index is -0.371. The minimum absolute atomic E-state index is 0.201. The van der Waals surface area contributed by atoms with Gasteiger partial charge in [-0.25, -0.2) is 4.39 Å². The van der Waals surface area contributed by atoms with Gasteiger partial charge >= 0.3 is 0 Å². The van der Waals surface area contributed by atoms with Crippen LogP contribution < -0.4 is 10.5 Å². The number of primary amides is 1. The molecule has 0 saturated heterocycles. The van der Waals surface area contributed by atoms with E-state index in [1.165, 1.54) is 12.1 Å². The first-order valence-corrected chi connectivity index (χ1v) is 4.93. The zero-order chi connectivity index (χ0) is 12.0. The highest BCUT2D eigenvalue weighted by atomic mass is 19.1. The maximum atomic E-state index is 12.6. The molecule has 0 unspecified atom stereocenters. The van der Waals surface area contributed by atoms with Gasteiger partial charge in [0, 0.05) is 6.54 Å². The number of halogens is 1. The summed E-state index contributed by atoms with van der Waals surface area (Å²) in [6, 6.07) is 5.79. The number of hydrogen-bond acceptors (Lipinski definition) is 3.